The van der Waals surface area contributed by atoms with Crippen molar-refractivity contribution in [3.05, 3.63) is 53.1 Å². The first kappa shape index (κ1) is 19.5. The van der Waals surface area contributed by atoms with Gasteiger partial charge in [-0.25, -0.2) is 9.78 Å². The molecular weight excluding hydrogens is 336 g/mol. The van der Waals surface area contributed by atoms with Crippen molar-refractivity contribution in [3.63, 3.8) is 0 Å². The predicted molar refractivity (Wildman–Crippen MR) is 101 cm³/mol. The lowest BCUT2D eigenvalue weighted by atomic mass is 10.1. The van der Waals surface area contributed by atoms with Crippen molar-refractivity contribution in [2.75, 3.05) is 0 Å². The molecule has 0 radical (unpaired) electrons. The summed E-state index contributed by atoms with van der Waals surface area (Å²) in [6, 6.07) is 7.54. The van der Waals surface area contributed by atoms with Gasteiger partial charge in [0.25, 0.3) is 0 Å². The van der Waals surface area contributed by atoms with Crippen LogP contribution in [0.1, 0.15) is 68.0 Å². The van der Waals surface area contributed by atoms with Gasteiger partial charge >= 0.3 is 5.97 Å². The van der Waals surface area contributed by atoms with E-state index in [1.165, 1.54) is 0 Å². The summed E-state index contributed by atoms with van der Waals surface area (Å²) in [5.41, 5.74) is 2.20. The van der Waals surface area contributed by atoms with Crippen molar-refractivity contribution in [1.82, 2.24) is 9.55 Å². The lowest BCUT2D eigenvalue weighted by molar-refractivity contribution is 0.00695. The van der Waals surface area contributed by atoms with Gasteiger partial charge in [0.05, 0.1) is 17.1 Å². The molecule has 0 N–H and O–H groups in total. The second kappa shape index (κ2) is 8.52. The average molecular weight is 363 g/mol. The number of alkyl halides is 1. The summed E-state index contributed by atoms with van der Waals surface area (Å²) in [5, 5.41) is 0. The highest BCUT2D eigenvalue weighted by molar-refractivity contribution is 6.16. The third kappa shape index (κ3) is 5.60. The van der Waals surface area contributed by atoms with Crippen LogP contribution in [0.2, 0.25) is 0 Å². The van der Waals surface area contributed by atoms with Gasteiger partial charge in [-0.15, -0.1) is 11.6 Å². The molecule has 0 fully saturated rings. The van der Waals surface area contributed by atoms with E-state index in [4.69, 9.17) is 16.3 Å². The molecule has 0 aliphatic rings. The van der Waals surface area contributed by atoms with E-state index in [1.807, 2.05) is 51.2 Å². The molecule has 0 unspecified atom stereocenters. The fourth-order valence-electron chi connectivity index (χ4n) is 2.55. The normalized spacial score (nSPS) is 11.6. The molecule has 0 aliphatic heterocycles. The molecule has 0 atom stereocenters. The number of rotatable bonds is 7. The fourth-order valence-corrected chi connectivity index (χ4v) is 2.77. The number of ether oxygens (including phenoxy) is 1. The molecule has 0 bridgehead atoms. The Morgan fingerprint density at radius 3 is 2.48 bits per heavy atom. The number of aryl methyl sites for hydroxylation is 1. The summed E-state index contributed by atoms with van der Waals surface area (Å²) in [6.07, 6.45) is 5.04. The number of benzene rings is 1. The largest absolute Gasteiger partial charge is 0.456 e. The minimum absolute atomic E-state index is 0.299. The van der Waals surface area contributed by atoms with Crippen LogP contribution in [0, 0.1) is 0 Å². The van der Waals surface area contributed by atoms with E-state index in [2.05, 4.69) is 16.5 Å². The summed E-state index contributed by atoms with van der Waals surface area (Å²) in [7, 11) is 0. The fraction of sp³-hybridized carbons (Fsp3) is 0.500. The van der Waals surface area contributed by atoms with Crippen LogP contribution in [0.4, 0.5) is 0 Å². The smallest absolute Gasteiger partial charge is 0.338 e. The molecule has 2 rings (SSSR count). The number of carbonyl (C=O) groups excluding carboxylic acids is 1. The molecule has 0 saturated heterocycles. The number of carbonyl (C=O) groups is 1. The first-order chi connectivity index (χ1) is 11.8. The Labute approximate surface area is 155 Å². The number of imidazole rings is 1. The van der Waals surface area contributed by atoms with Crippen LogP contribution >= 0.6 is 11.6 Å². The van der Waals surface area contributed by atoms with Crippen LogP contribution in [0.15, 0.2) is 30.5 Å². The summed E-state index contributed by atoms with van der Waals surface area (Å²) in [6.45, 7) is 8.47. The van der Waals surface area contributed by atoms with Gasteiger partial charge in [0.1, 0.15) is 11.4 Å². The maximum absolute atomic E-state index is 12.1. The van der Waals surface area contributed by atoms with Crippen LogP contribution in [-0.2, 0) is 23.6 Å². The van der Waals surface area contributed by atoms with Gasteiger partial charge in [-0.3, -0.25) is 0 Å². The zero-order valence-corrected chi connectivity index (χ0v) is 16.3. The molecule has 0 spiro atoms. The number of hydrogen-bond donors (Lipinski definition) is 0. The lowest BCUT2D eigenvalue weighted by Crippen LogP contribution is -2.23. The van der Waals surface area contributed by atoms with Crippen molar-refractivity contribution in [1.29, 1.82) is 0 Å². The first-order valence-corrected chi connectivity index (χ1v) is 9.29. The molecule has 1 heterocycles. The Hall–Kier alpha value is -1.81. The van der Waals surface area contributed by atoms with E-state index in [-0.39, 0.29) is 5.97 Å². The summed E-state index contributed by atoms with van der Waals surface area (Å²) in [4.78, 5) is 16.6. The standard InChI is InChI=1S/C20H27ClN2O2/c1-5-6-7-18-22-13-17(12-21)23(18)14-15-8-10-16(11-9-15)19(24)25-20(2,3)4/h8-11,13H,5-7,12,14H2,1-4H3. The Morgan fingerprint density at radius 2 is 1.92 bits per heavy atom. The molecule has 1 aromatic carbocycles. The van der Waals surface area contributed by atoms with Gasteiger partial charge in [0.15, 0.2) is 0 Å². The van der Waals surface area contributed by atoms with Crippen LogP contribution in [-0.4, -0.2) is 21.1 Å². The van der Waals surface area contributed by atoms with Gasteiger partial charge in [-0.2, -0.15) is 0 Å². The lowest BCUT2D eigenvalue weighted by Gasteiger charge is -2.19. The third-order valence-electron chi connectivity index (χ3n) is 3.84. The molecule has 0 amide bonds. The number of hydrogen-bond acceptors (Lipinski definition) is 3. The Balaban J connectivity index is 2.13. The summed E-state index contributed by atoms with van der Waals surface area (Å²) < 4.78 is 7.57. The monoisotopic (exact) mass is 362 g/mol. The second-order valence-electron chi connectivity index (χ2n) is 7.19. The van der Waals surface area contributed by atoms with E-state index in [0.717, 1.165) is 36.3 Å². The minimum Gasteiger partial charge on any atom is -0.456 e. The van der Waals surface area contributed by atoms with Crippen LogP contribution in [0.3, 0.4) is 0 Å². The Morgan fingerprint density at radius 1 is 1.24 bits per heavy atom. The molecule has 1 aromatic heterocycles. The zero-order chi connectivity index (χ0) is 18.4. The highest BCUT2D eigenvalue weighted by atomic mass is 35.5. The zero-order valence-electron chi connectivity index (χ0n) is 15.5. The van der Waals surface area contributed by atoms with Crippen molar-refractivity contribution < 1.29 is 9.53 Å². The van der Waals surface area contributed by atoms with E-state index < -0.39 is 5.60 Å². The number of esters is 1. The maximum Gasteiger partial charge on any atom is 0.338 e. The van der Waals surface area contributed by atoms with E-state index >= 15 is 0 Å². The number of halogens is 1. The molecule has 0 saturated carbocycles. The van der Waals surface area contributed by atoms with Crippen molar-refractivity contribution in [3.8, 4) is 0 Å². The van der Waals surface area contributed by atoms with Gasteiger partial charge in [0, 0.05) is 19.2 Å². The maximum atomic E-state index is 12.1. The molecule has 2 aromatic rings. The van der Waals surface area contributed by atoms with Crippen LogP contribution < -0.4 is 0 Å². The minimum atomic E-state index is -0.490. The summed E-state index contributed by atoms with van der Waals surface area (Å²) >= 11 is 6.05. The van der Waals surface area contributed by atoms with E-state index in [1.54, 1.807) is 0 Å². The molecule has 25 heavy (non-hydrogen) atoms. The average Bonchev–Trinajstić information content (AvgIpc) is 2.93. The van der Waals surface area contributed by atoms with Crippen molar-refractivity contribution >= 4 is 17.6 Å². The topological polar surface area (TPSA) is 44.1 Å². The molecule has 4 nitrogen and oxygen atoms in total. The molecule has 5 heteroatoms. The predicted octanol–water partition coefficient (Wildman–Crippen LogP) is 4.97. The van der Waals surface area contributed by atoms with Gasteiger partial charge in [-0.1, -0.05) is 25.5 Å². The second-order valence-corrected chi connectivity index (χ2v) is 7.46. The molecular formula is C20H27ClN2O2. The van der Waals surface area contributed by atoms with Gasteiger partial charge in [0.2, 0.25) is 0 Å². The SMILES string of the molecule is CCCCc1ncc(CCl)n1Cc1ccc(C(=O)OC(C)(C)C)cc1. The van der Waals surface area contributed by atoms with E-state index in [9.17, 15) is 4.79 Å². The first-order valence-electron chi connectivity index (χ1n) is 8.75. The van der Waals surface area contributed by atoms with Crippen molar-refractivity contribution in [2.24, 2.45) is 0 Å². The van der Waals surface area contributed by atoms with Gasteiger partial charge < -0.3 is 9.30 Å². The van der Waals surface area contributed by atoms with Gasteiger partial charge in [-0.05, 0) is 44.9 Å². The molecule has 0 aliphatic carbocycles. The van der Waals surface area contributed by atoms with E-state index in [0.29, 0.717) is 18.0 Å². The third-order valence-corrected chi connectivity index (χ3v) is 4.11. The quantitative estimate of drug-likeness (QED) is 0.516. The highest BCUT2D eigenvalue weighted by Gasteiger charge is 2.18. The highest BCUT2D eigenvalue weighted by Crippen LogP contribution is 2.16. The van der Waals surface area contributed by atoms with Crippen LogP contribution in [0.5, 0.6) is 0 Å². The Bertz CT molecular complexity index is 699. The molecule has 136 valence electrons. The number of unbranched alkanes of at least 4 members (excludes halogenated alkanes) is 1. The Kier molecular flexibility index (Phi) is 6.65. The van der Waals surface area contributed by atoms with Crippen LogP contribution in [0.25, 0.3) is 0 Å². The number of nitrogens with zero attached hydrogens (tertiary/aromatic N) is 2. The van der Waals surface area contributed by atoms with Crippen molar-refractivity contribution in [2.45, 2.75) is 65.0 Å². The number of aromatic nitrogens is 2. The summed E-state index contributed by atoms with van der Waals surface area (Å²) in [5.74, 6) is 1.20.